The Labute approximate surface area is 127 Å². The zero-order chi connectivity index (χ0) is 15.4. The van der Waals surface area contributed by atoms with Gasteiger partial charge < -0.3 is 15.5 Å². The molecule has 1 fully saturated rings. The Bertz CT molecular complexity index is 501. The lowest BCUT2D eigenvalue weighted by molar-refractivity contribution is -0.114. The van der Waals surface area contributed by atoms with Gasteiger partial charge in [-0.05, 0) is 43.5 Å². The predicted octanol–water partition coefficient (Wildman–Crippen LogP) is 3.10. The second kappa shape index (κ2) is 6.94. The highest BCUT2D eigenvalue weighted by Crippen LogP contribution is 2.25. The number of benzene rings is 1. The van der Waals surface area contributed by atoms with Crippen LogP contribution >= 0.6 is 0 Å². The summed E-state index contributed by atoms with van der Waals surface area (Å²) in [5, 5.41) is 6.53. The van der Waals surface area contributed by atoms with Gasteiger partial charge >= 0.3 is 0 Å². The summed E-state index contributed by atoms with van der Waals surface area (Å²) in [7, 11) is 0. The van der Waals surface area contributed by atoms with Crippen LogP contribution in [0.15, 0.2) is 18.2 Å². The Morgan fingerprint density at radius 2 is 2.19 bits per heavy atom. The lowest BCUT2D eigenvalue weighted by atomic mass is 9.93. The Balaban J connectivity index is 2.06. The molecule has 0 radical (unpaired) electrons. The number of amides is 1. The van der Waals surface area contributed by atoms with Crippen molar-refractivity contribution in [1.82, 2.24) is 4.90 Å². The summed E-state index contributed by atoms with van der Waals surface area (Å²) in [6, 6.07) is 6.54. The SMILES string of the molecule is CCN1CC[C@@H](Nc2cc(NC(C)=O)ccc2C)[C@@H](C)C1. The van der Waals surface area contributed by atoms with E-state index >= 15 is 0 Å². The van der Waals surface area contributed by atoms with Gasteiger partial charge in [0.1, 0.15) is 0 Å². The third-order valence-corrected chi connectivity index (χ3v) is 4.34. The van der Waals surface area contributed by atoms with Crippen LogP contribution in [0.1, 0.15) is 32.8 Å². The average Bonchev–Trinajstić information content (AvgIpc) is 2.44. The minimum atomic E-state index is -0.0329. The van der Waals surface area contributed by atoms with Crippen LogP contribution in [0, 0.1) is 12.8 Å². The highest BCUT2D eigenvalue weighted by molar-refractivity contribution is 5.89. The van der Waals surface area contributed by atoms with E-state index in [4.69, 9.17) is 0 Å². The zero-order valence-electron chi connectivity index (χ0n) is 13.6. The molecule has 1 amide bonds. The first kappa shape index (κ1) is 15.8. The average molecular weight is 289 g/mol. The number of carbonyl (C=O) groups excluding carboxylic acids is 1. The summed E-state index contributed by atoms with van der Waals surface area (Å²) in [6.07, 6.45) is 1.17. The molecular weight excluding hydrogens is 262 g/mol. The Morgan fingerprint density at radius 1 is 1.43 bits per heavy atom. The molecule has 0 aliphatic carbocycles. The van der Waals surface area contributed by atoms with Gasteiger partial charge in [0.05, 0.1) is 0 Å². The van der Waals surface area contributed by atoms with Crippen LogP contribution in [0.3, 0.4) is 0 Å². The summed E-state index contributed by atoms with van der Waals surface area (Å²) in [6.45, 7) is 11.6. The van der Waals surface area contributed by atoms with Crippen LogP contribution in [-0.4, -0.2) is 36.5 Å². The fourth-order valence-corrected chi connectivity index (χ4v) is 2.99. The van der Waals surface area contributed by atoms with Crippen molar-refractivity contribution in [3.8, 4) is 0 Å². The summed E-state index contributed by atoms with van der Waals surface area (Å²) in [4.78, 5) is 13.7. The highest BCUT2D eigenvalue weighted by atomic mass is 16.1. The molecule has 4 heteroatoms. The van der Waals surface area contributed by atoms with E-state index in [0.29, 0.717) is 12.0 Å². The fraction of sp³-hybridized carbons (Fsp3) is 0.588. The molecule has 0 bridgehead atoms. The topological polar surface area (TPSA) is 44.4 Å². The van der Waals surface area contributed by atoms with Crippen LogP contribution in [0.25, 0.3) is 0 Å². The molecule has 2 N–H and O–H groups in total. The zero-order valence-corrected chi connectivity index (χ0v) is 13.6. The van der Waals surface area contributed by atoms with Gasteiger partial charge in [-0.15, -0.1) is 0 Å². The van der Waals surface area contributed by atoms with E-state index in [0.717, 1.165) is 31.0 Å². The molecule has 0 spiro atoms. The largest absolute Gasteiger partial charge is 0.382 e. The van der Waals surface area contributed by atoms with Crippen LogP contribution in [0.4, 0.5) is 11.4 Å². The van der Waals surface area contributed by atoms with Gasteiger partial charge in [-0.3, -0.25) is 4.79 Å². The second-order valence-corrected chi connectivity index (χ2v) is 6.12. The van der Waals surface area contributed by atoms with Crippen molar-refractivity contribution in [2.24, 2.45) is 5.92 Å². The number of aryl methyl sites for hydroxylation is 1. The van der Waals surface area contributed by atoms with E-state index in [2.05, 4.69) is 42.4 Å². The van der Waals surface area contributed by atoms with Crippen LogP contribution in [0.2, 0.25) is 0 Å². The minimum absolute atomic E-state index is 0.0329. The van der Waals surface area contributed by atoms with Crippen molar-refractivity contribution in [3.63, 3.8) is 0 Å². The van der Waals surface area contributed by atoms with Gasteiger partial charge in [-0.25, -0.2) is 0 Å². The summed E-state index contributed by atoms with van der Waals surface area (Å²) >= 11 is 0. The maximum Gasteiger partial charge on any atom is 0.221 e. The number of anilines is 2. The third kappa shape index (κ3) is 4.21. The van der Waals surface area contributed by atoms with E-state index in [9.17, 15) is 4.79 Å². The summed E-state index contributed by atoms with van der Waals surface area (Å²) in [5.41, 5.74) is 3.20. The van der Waals surface area contributed by atoms with Crippen LogP contribution < -0.4 is 10.6 Å². The van der Waals surface area contributed by atoms with E-state index in [-0.39, 0.29) is 5.91 Å². The smallest absolute Gasteiger partial charge is 0.221 e. The number of likely N-dealkylation sites (tertiary alicyclic amines) is 1. The number of hydrogen-bond acceptors (Lipinski definition) is 3. The Morgan fingerprint density at radius 3 is 2.81 bits per heavy atom. The number of nitrogens with zero attached hydrogens (tertiary/aromatic N) is 1. The number of rotatable bonds is 4. The molecule has 1 aromatic rings. The van der Waals surface area contributed by atoms with E-state index < -0.39 is 0 Å². The molecule has 2 atom stereocenters. The standard InChI is InChI=1S/C17H27N3O/c1-5-20-9-8-16(13(3)11-20)19-17-10-15(18-14(4)21)7-6-12(17)2/h6-7,10,13,16,19H,5,8-9,11H2,1-4H3,(H,18,21)/t13-,16+/m0/s1. The second-order valence-electron chi connectivity index (χ2n) is 6.12. The van der Waals surface area contributed by atoms with Crippen molar-refractivity contribution in [2.45, 2.75) is 40.2 Å². The van der Waals surface area contributed by atoms with E-state index in [1.54, 1.807) is 0 Å². The van der Waals surface area contributed by atoms with Crippen molar-refractivity contribution in [1.29, 1.82) is 0 Å². The fourth-order valence-electron chi connectivity index (χ4n) is 2.99. The number of carbonyl (C=O) groups is 1. The van der Waals surface area contributed by atoms with E-state index in [1.165, 1.54) is 18.9 Å². The molecule has 1 aliphatic rings. The molecule has 1 saturated heterocycles. The maximum atomic E-state index is 11.2. The maximum absolute atomic E-state index is 11.2. The molecular formula is C17H27N3O. The van der Waals surface area contributed by atoms with Crippen molar-refractivity contribution < 1.29 is 4.79 Å². The van der Waals surface area contributed by atoms with Gasteiger partial charge in [0.15, 0.2) is 0 Å². The van der Waals surface area contributed by atoms with Gasteiger partial charge in [0.25, 0.3) is 0 Å². The summed E-state index contributed by atoms with van der Waals surface area (Å²) in [5.74, 6) is 0.594. The number of nitrogens with one attached hydrogen (secondary N) is 2. The predicted molar refractivity (Wildman–Crippen MR) is 88.8 cm³/mol. The molecule has 1 aliphatic heterocycles. The number of piperidine rings is 1. The molecule has 4 nitrogen and oxygen atoms in total. The molecule has 2 rings (SSSR count). The highest BCUT2D eigenvalue weighted by Gasteiger charge is 2.25. The molecule has 0 saturated carbocycles. The van der Waals surface area contributed by atoms with Crippen LogP contribution in [0.5, 0.6) is 0 Å². The molecule has 116 valence electrons. The molecule has 0 unspecified atom stereocenters. The first-order valence-corrected chi connectivity index (χ1v) is 7.86. The monoisotopic (exact) mass is 289 g/mol. The van der Waals surface area contributed by atoms with Gasteiger partial charge in [-0.2, -0.15) is 0 Å². The Kier molecular flexibility index (Phi) is 5.23. The normalized spacial score (nSPS) is 22.9. The molecule has 21 heavy (non-hydrogen) atoms. The first-order valence-electron chi connectivity index (χ1n) is 7.86. The van der Waals surface area contributed by atoms with Gasteiger partial charge in [0, 0.05) is 37.4 Å². The van der Waals surface area contributed by atoms with Crippen molar-refractivity contribution >= 4 is 17.3 Å². The van der Waals surface area contributed by atoms with Crippen molar-refractivity contribution in [2.75, 3.05) is 30.3 Å². The number of hydrogen-bond donors (Lipinski definition) is 2. The third-order valence-electron chi connectivity index (χ3n) is 4.34. The summed E-state index contributed by atoms with van der Waals surface area (Å²) < 4.78 is 0. The van der Waals surface area contributed by atoms with Crippen molar-refractivity contribution in [3.05, 3.63) is 23.8 Å². The van der Waals surface area contributed by atoms with E-state index in [1.807, 2.05) is 12.1 Å². The first-order chi connectivity index (χ1) is 9.99. The lowest BCUT2D eigenvalue weighted by Gasteiger charge is -2.37. The molecule has 0 aromatic heterocycles. The quantitative estimate of drug-likeness (QED) is 0.895. The minimum Gasteiger partial charge on any atom is -0.382 e. The van der Waals surface area contributed by atoms with Crippen LogP contribution in [-0.2, 0) is 4.79 Å². The molecule has 1 aromatic carbocycles. The van der Waals surface area contributed by atoms with Gasteiger partial charge in [-0.1, -0.05) is 19.9 Å². The lowest BCUT2D eigenvalue weighted by Crippen LogP contribution is -2.45. The molecule has 1 heterocycles. The Hall–Kier alpha value is -1.55. The van der Waals surface area contributed by atoms with Gasteiger partial charge in [0.2, 0.25) is 5.91 Å².